The van der Waals surface area contributed by atoms with Crippen LogP contribution in [-0.2, 0) is 4.79 Å². The van der Waals surface area contributed by atoms with Gasteiger partial charge in [0.25, 0.3) is 5.91 Å². The molecular weight excluding hydrogens is 398 g/mol. The number of hydrogen-bond acceptors (Lipinski definition) is 3. The van der Waals surface area contributed by atoms with E-state index in [9.17, 15) is 9.59 Å². The van der Waals surface area contributed by atoms with Crippen molar-refractivity contribution in [1.82, 2.24) is 10.2 Å². The molecule has 4 rings (SSSR count). The van der Waals surface area contributed by atoms with Gasteiger partial charge < -0.3 is 10.2 Å². The summed E-state index contributed by atoms with van der Waals surface area (Å²) >= 11 is 0. The minimum absolute atomic E-state index is 0.0466. The molecule has 3 aromatic carbocycles. The molecule has 1 fully saturated rings. The van der Waals surface area contributed by atoms with Crippen molar-refractivity contribution in [2.45, 2.75) is 24.8 Å². The van der Waals surface area contributed by atoms with Gasteiger partial charge in [-0.15, -0.1) is 0 Å². The maximum Gasteiger partial charge on any atom is 0.251 e. The number of amides is 2. The van der Waals surface area contributed by atoms with Crippen molar-refractivity contribution in [2.75, 3.05) is 13.1 Å². The van der Waals surface area contributed by atoms with Crippen LogP contribution in [0.5, 0.6) is 0 Å². The molecule has 1 heterocycles. The van der Waals surface area contributed by atoms with Gasteiger partial charge in [0.2, 0.25) is 5.91 Å². The van der Waals surface area contributed by atoms with Crippen LogP contribution in [0.15, 0.2) is 84.9 Å². The van der Waals surface area contributed by atoms with E-state index >= 15 is 0 Å². The van der Waals surface area contributed by atoms with E-state index in [2.05, 4.69) is 29.6 Å². The minimum Gasteiger partial charge on any atom is -0.341 e. The number of nitrogens with one attached hydrogen (secondary N) is 1. The van der Waals surface area contributed by atoms with E-state index in [4.69, 9.17) is 5.26 Å². The van der Waals surface area contributed by atoms with Crippen LogP contribution in [0.1, 0.15) is 45.8 Å². The van der Waals surface area contributed by atoms with Crippen LogP contribution < -0.4 is 5.32 Å². The van der Waals surface area contributed by atoms with Crippen molar-refractivity contribution < 1.29 is 9.59 Å². The predicted molar refractivity (Wildman–Crippen MR) is 123 cm³/mol. The standard InChI is InChI=1S/C27H25N3O2/c28-19-20-8-7-13-23(18-20)26(31)29-25-15-17-30(27(25)32)16-14-24(21-9-3-1-4-10-21)22-11-5-2-6-12-22/h1-13,18,24-25H,14-17H2,(H,29,31). The van der Waals surface area contributed by atoms with Crippen LogP contribution in [-0.4, -0.2) is 35.8 Å². The number of carbonyl (C=O) groups is 2. The fourth-order valence-corrected chi connectivity index (χ4v) is 4.25. The van der Waals surface area contributed by atoms with Gasteiger partial charge in [-0.05, 0) is 42.2 Å². The van der Waals surface area contributed by atoms with Crippen LogP contribution >= 0.6 is 0 Å². The summed E-state index contributed by atoms with van der Waals surface area (Å²) in [4.78, 5) is 27.3. The van der Waals surface area contributed by atoms with Crippen LogP contribution in [0, 0.1) is 11.3 Å². The van der Waals surface area contributed by atoms with Gasteiger partial charge in [-0.1, -0.05) is 66.7 Å². The molecule has 5 nitrogen and oxygen atoms in total. The lowest BCUT2D eigenvalue weighted by Gasteiger charge is -2.23. The summed E-state index contributed by atoms with van der Waals surface area (Å²) in [7, 11) is 0. The van der Waals surface area contributed by atoms with Crippen LogP contribution in [0.4, 0.5) is 0 Å². The van der Waals surface area contributed by atoms with Crippen molar-refractivity contribution in [3.05, 3.63) is 107 Å². The first kappa shape index (κ1) is 21.3. The second kappa shape index (κ2) is 9.93. The molecule has 1 saturated heterocycles. The fourth-order valence-electron chi connectivity index (χ4n) is 4.25. The maximum absolute atomic E-state index is 12.9. The molecule has 32 heavy (non-hydrogen) atoms. The Kier molecular flexibility index (Phi) is 6.62. The first-order valence-electron chi connectivity index (χ1n) is 10.9. The lowest BCUT2D eigenvalue weighted by Crippen LogP contribution is -2.41. The third-order valence-corrected chi connectivity index (χ3v) is 5.95. The summed E-state index contributed by atoms with van der Waals surface area (Å²) in [5.74, 6) is -0.170. The Morgan fingerprint density at radius 1 is 1.00 bits per heavy atom. The molecule has 0 aliphatic carbocycles. The highest BCUT2D eigenvalue weighted by atomic mass is 16.2. The van der Waals surface area contributed by atoms with Gasteiger partial charge in [0.1, 0.15) is 6.04 Å². The van der Waals surface area contributed by atoms with Crippen molar-refractivity contribution in [1.29, 1.82) is 5.26 Å². The van der Waals surface area contributed by atoms with Crippen molar-refractivity contribution in [3.63, 3.8) is 0 Å². The van der Waals surface area contributed by atoms with Gasteiger partial charge >= 0.3 is 0 Å². The highest BCUT2D eigenvalue weighted by Gasteiger charge is 2.33. The Morgan fingerprint density at radius 2 is 1.66 bits per heavy atom. The zero-order valence-corrected chi connectivity index (χ0v) is 17.8. The van der Waals surface area contributed by atoms with Crippen LogP contribution in [0.3, 0.4) is 0 Å². The second-order valence-corrected chi connectivity index (χ2v) is 8.00. The Bertz CT molecular complexity index is 1080. The molecule has 1 N–H and O–H groups in total. The fraction of sp³-hybridized carbons (Fsp3) is 0.222. The largest absolute Gasteiger partial charge is 0.341 e. The molecule has 1 unspecified atom stereocenters. The summed E-state index contributed by atoms with van der Waals surface area (Å²) in [6.07, 6.45) is 1.40. The molecule has 2 amide bonds. The molecule has 5 heteroatoms. The van der Waals surface area contributed by atoms with E-state index in [-0.39, 0.29) is 17.7 Å². The lowest BCUT2D eigenvalue weighted by molar-refractivity contribution is -0.129. The Labute approximate surface area is 188 Å². The molecule has 0 saturated carbocycles. The number of hydrogen-bond donors (Lipinski definition) is 1. The molecule has 0 spiro atoms. The highest BCUT2D eigenvalue weighted by molar-refractivity contribution is 5.98. The van der Waals surface area contributed by atoms with Gasteiger partial charge in [0.05, 0.1) is 11.6 Å². The summed E-state index contributed by atoms with van der Waals surface area (Å²) in [5, 5.41) is 11.9. The van der Waals surface area contributed by atoms with E-state index in [1.54, 1.807) is 18.2 Å². The molecular formula is C27H25N3O2. The average molecular weight is 424 g/mol. The maximum atomic E-state index is 12.9. The van der Waals surface area contributed by atoms with Gasteiger partial charge in [-0.2, -0.15) is 5.26 Å². The molecule has 0 radical (unpaired) electrons. The van der Waals surface area contributed by atoms with Crippen LogP contribution in [0.2, 0.25) is 0 Å². The van der Waals surface area contributed by atoms with Gasteiger partial charge in [0.15, 0.2) is 0 Å². The van der Waals surface area contributed by atoms with Gasteiger partial charge in [0, 0.05) is 24.6 Å². The first-order valence-corrected chi connectivity index (χ1v) is 10.9. The number of likely N-dealkylation sites (tertiary alicyclic amines) is 1. The summed E-state index contributed by atoms with van der Waals surface area (Å²) in [6.45, 7) is 1.25. The van der Waals surface area contributed by atoms with Gasteiger partial charge in [-0.25, -0.2) is 0 Å². The number of carbonyl (C=O) groups excluding carboxylic acids is 2. The van der Waals surface area contributed by atoms with E-state index in [1.165, 1.54) is 17.2 Å². The third-order valence-electron chi connectivity index (χ3n) is 5.95. The summed E-state index contributed by atoms with van der Waals surface area (Å²) in [6, 6.07) is 28.7. The number of benzene rings is 3. The monoisotopic (exact) mass is 423 g/mol. The quantitative estimate of drug-likeness (QED) is 0.622. The zero-order valence-electron chi connectivity index (χ0n) is 17.8. The molecule has 160 valence electrons. The van der Waals surface area contributed by atoms with E-state index < -0.39 is 6.04 Å². The van der Waals surface area contributed by atoms with E-state index in [1.807, 2.05) is 47.4 Å². The Morgan fingerprint density at radius 3 is 2.28 bits per heavy atom. The second-order valence-electron chi connectivity index (χ2n) is 8.00. The smallest absolute Gasteiger partial charge is 0.251 e. The molecule has 0 bridgehead atoms. The average Bonchev–Trinajstić information content (AvgIpc) is 3.19. The van der Waals surface area contributed by atoms with Gasteiger partial charge in [-0.3, -0.25) is 9.59 Å². The molecule has 1 atom stereocenters. The molecule has 3 aromatic rings. The normalized spacial score (nSPS) is 15.6. The number of rotatable bonds is 7. The number of nitrogens with zero attached hydrogens (tertiary/aromatic N) is 2. The van der Waals surface area contributed by atoms with E-state index in [0.717, 1.165) is 6.42 Å². The molecule has 1 aliphatic heterocycles. The summed E-state index contributed by atoms with van der Waals surface area (Å²) in [5.41, 5.74) is 3.27. The van der Waals surface area contributed by atoms with Crippen LogP contribution in [0.25, 0.3) is 0 Å². The predicted octanol–water partition coefficient (Wildman–Crippen LogP) is 4.11. The van der Waals surface area contributed by atoms with Crippen molar-refractivity contribution in [3.8, 4) is 6.07 Å². The van der Waals surface area contributed by atoms with Crippen molar-refractivity contribution in [2.24, 2.45) is 0 Å². The molecule has 1 aliphatic rings. The molecule has 0 aromatic heterocycles. The highest BCUT2D eigenvalue weighted by Crippen LogP contribution is 2.28. The SMILES string of the molecule is N#Cc1cccc(C(=O)NC2CCN(CCC(c3ccccc3)c3ccccc3)C2=O)c1. The van der Waals surface area contributed by atoms with E-state index in [0.29, 0.717) is 30.6 Å². The minimum atomic E-state index is -0.528. The summed E-state index contributed by atoms with van der Waals surface area (Å²) < 4.78 is 0. The van der Waals surface area contributed by atoms with Crippen molar-refractivity contribution >= 4 is 11.8 Å². The zero-order chi connectivity index (χ0) is 22.3. The Hall–Kier alpha value is -3.91. The third kappa shape index (κ3) is 4.87. The lowest BCUT2D eigenvalue weighted by atomic mass is 9.88. The number of nitriles is 1. The Balaban J connectivity index is 1.40. The first-order chi connectivity index (χ1) is 15.7. The topological polar surface area (TPSA) is 73.2 Å².